The maximum absolute atomic E-state index is 12.0. The third-order valence-electron chi connectivity index (χ3n) is 3.81. The van der Waals surface area contributed by atoms with E-state index in [-0.39, 0.29) is 6.42 Å². The zero-order valence-electron chi connectivity index (χ0n) is 11.2. The molecule has 0 atom stereocenters. The van der Waals surface area contributed by atoms with Crippen molar-refractivity contribution in [3.63, 3.8) is 0 Å². The van der Waals surface area contributed by atoms with Gasteiger partial charge in [0.25, 0.3) is 0 Å². The first-order chi connectivity index (χ1) is 9.28. The molecule has 0 unspecified atom stereocenters. The maximum Gasteiger partial charge on any atom is 0.389 e. The number of alkyl halides is 3. The molecule has 9 heteroatoms. The lowest BCUT2D eigenvalue weighted by molar-refractivity contribution is -0.134. The third-order valence-corrected chi connectivity index (χ3v) is 5.76. The van der Waals surface area contributed by atoms with Gasteiger partial charge in [-0.1, -0.05) is 0 Å². The van der Waals surface area contributed by atoms with Crippen LogP contribution < -0.4 is 5.32 Å². The van der Waals surface area contributed by atoms with E-state index in [9.17, 15) is 21.6 Å². The van der Waals surface area contributed by atoms with Gasteiger partial charge in [-0.3, -0.25) is 4.90 Å². The van der Waals surface area contributed by atoms with Gasteiger partial charge in [0, 0.05) is 51.7 Å². The molecule has 2 aliphatic heterocycles. The van der Waals surface area contributed by atoms with Crippen LogP contribution in [0.5, 0.6) is 0 Å². The van der Waals surface area contributed by atoms with Gasteiger partial charge in [-0.25, -0.2) is 8.42 Å². The molecular weight excluding hydrogens is 295 g/mol. The molecule has 0 aliphatic carbocycles. The topological polar surface area (TPSA) is 52.7 Å². The number of piperazine rings is 1. The van der Waals surface area contributed by atoms with Crippen molar-refractivity contribution in [2.75, 3.05) is 45.0 Å². The predicted octanol–water partition coefficient (Wildman–Crippen LogP) is 0.248. The molecule has 2 aliphatic rings. The van der Waals surface area contributed by atoms with Crippen molar-refractivity contribution in [2.45, 2.75) is 25.1 Å². The summed E-state index contributed by atoms with van der Waals surface area (Å²) < 4.78 is 61.4. The third kappa shape index (κ3) is 4.31. The van der Waals surface area contributed by atoms with Gasteiger partial charge in [0.1, 0.15) is 0 Å². The van der Waals surface area contributed by atoms with Crippen molar-refractivity contribution in [3.05, 3.63) is 0 Å². The molecule has 1 N–H and O–H groups in total. The van der Waals surface area contributed by atoms with Gasteiger partial charge < -0.3 is 5.32 Å². The SMILES string of the molecule is O=S(=O)(CCCC(F)(F)F)N1CCN(C2CNC2)CC1. The highest BCUT2D eigenvalue weighted by Gasteiger charge is 2.33. The normalized spacial score (nSPS) is 23.8. The molecule has 0 saturated carbocycles. The Bertz CT molecular complexity index is 415. The molecule has 5 nitrogen and oxygen atoms in total. The fourth-order valence-corrected chi connectivity index (χ4v) is 3.95. The van der Waals surface area contributed by atoms with E-state index in [1.54, 1.807) is 0 Å². The summed E-state index contributed by atoms with van der Waals surface area (Å²) in [5.41, 5.74) is 0. The Morgan fingerprint density at radius 2 is 1.70 bits per heavy atom. The number of halogens is 3. The second-order valence-corrected chi connectivity index (χ2v) is 7.37. The largest absolute Gasteiger partial charge is 0.389 e. The summed E-state index contributed by atoms with van der Waals surface area (Å²) in [5.74, 6) is -0.419. The van der Waals surface area contributed by atoms with Crippen LogP contribution in [-0.2, 0) is 10.0 Å². The molecule has 2 heterocycles. The molecule has 2 fully saturated rings. The molecule has 20 heavy (non-hydrogen) atoms. The van der Waals surface area contributed by atoms with E-state index in [0.717, 1.165) is 13.1 Å². The Labute approximate surface area is 117 Å². The molecule has 2 rings (SSSR count). The first-order valence-electron chi connectivity index (χ1n) is 6.77. The molecule has 0 amide bonds. The molecule has 0 aromatic carbocycles. The lowest BCUT2D eigenvalue weighted by atomic mass is 10.1. The van der Waals surface area contributed by atoms with Crippen LogP contribution in [0.4, 0.5) is 13.2 Å². The lowest BCUT2D eigenvalue weighted by Crippen LogP contribution is -2.62. The van der Waals surface area contributed by atoms with Gasteiger partial charge in [-0.2, -0.15) is 17.5 Å². The van der Waals surface area contributed by atoms with Crippen molar-refractivity contribution in [1.82, 2.24) is 14.5 Å². The summed E-state index contributed by atoms with van der Waals surface area (Å²) in [6.07, 6.45) is -5.69. The van der Waals surface area contributed by atoms with Gasteiger partial charge in [0.2, 0.25) is 10.0 Å². The molecule has 0 radical (unpaired) electrons. The van der Waals surface area contributed by atoms with Crippen molar-refractivity contribution in [1.29, 1.82) is 0 Å². The van der Waals surface area contributed by atoms with Gasteiger partial charge in [-0.15, -0.1) is 0 Å². The Morgan fingerprint density at radius 3 is 2.15 bits per heavy atom. The van der Waals surface area contributed by atoms with Crippen LogP contribution in [0.3, 0.4) is 0 Å². The molecular formula is C11H20F3N3O2S. The minimum Gasteiger partial charge on any atom is -0.314 e. The summed E-state index contributed by atoms with van der Waals surface area (Å²) in [5, 5.41) is 3.16. The quantitative estimate of drug-likeness (QED) is 0.790. The van der Waals surface area contributed by atoms with Gasteiger partial charge in [0.05, 0.1) is 5.75 Å². The van der Waals surface area contributed by atoms with Crippen LogP contribution in [-0.4, -0.2) is 74.9 Å². The monoisotopic (exact) mass is 315 g/mol. The number of nitrogens with zero attached hydrogens (tertiary/aromatic N) is 2. The average Bonchev–Trinajstić information content (AvgIpc) is 2.25. The average molecular weight is 315 g/mol. The highest BCUT2D eigenvalue weighted by Crippen LogP contribution is 2.22. The molecule has 0 aromatic heterocycles. The predicted molar refractivity (Wildman–Crippen MR) is 68.9 cm³/mol. The molecule has 0 aromatic rings. The maximum atomic E-state index is 12.0. The van der Waals surface area contributed by atoms with Crippen molar-refractivity contribution >= 4 is 10.0 Å². The highest BCUT2D eigenvalue weighted by molar-refractivity contribution is 7.89. The Morgan fingerprint density at radius 1 is 1.10 bits per heavy atom. The van der Waals surface area contributed by atoms with Crippen LogP contribution >= 0.6 is 0 Å². The standard InChI is InChI=1S/C11H20F3N3O2S/c12-11(13,14)2-1-7-20(18,19)17-5-3-16(4-6-17)10-8-15-9-10/h10,15H,1-9H2. The summed E-state index contributed by atoms with van der Waals surface area (Å²) >= 11 is 0. The Kier molecular flexibility index (Phi) is 4.93. The lowest BCUT2D eigenvalue weighted by Gasteiger charge is -2.42. The number of rotatable bonds is 5. The first kappa shape index (κ1) is 16.0. The Balaban J connectivity index is 1.76. The molecule has 0 bridgehead atoms. The van der Waals surface area contributed by atoms with Crippen LogP contribution in [0.2, 0.25) is 0 Å². The van der Waals surface area contributed by atoms with Crippen molar-refractivity contribution < 1.29 is 21.6 Å². The highest BCUT2D eigenvalue weighted by atomic mass is 32.2. The molecule has 2 saturated heterocycles. The zero-order chi connectivity index (χ0) is 14.8. The number of nitrogens with one attached hydrogen (secondary N) is 1. The second kappa shape index (κ2) is 6.17. The van der Waals surface area contributed by atoms with E-state index in [1.165, 1.54) is 4.31 Å². The van der Waals surface area contributed by atoms with E-state index in [1.807, 2.05) is 0 Å². The van der Waals surface area contributed by atoms with Crippen LogP contribution in [0.1, 0.15) is 12.8 Å². The minimum absolute atomic E-state index is 0.363. The summed E-state index contributed by atoms with van der Waals surface area (Å²) in [6.45, 7) is 3.93. The summed E-state index contributed by atoms with van der Waals surface area (Å²) in [4.78, 5) is 2.23. The number of hydrogen-bond donors (Lipinski definition) is 1. The summed E-state index contributed by atoms with van der Waals surface area (Å²) in [7, 11) is -3.55. The van der Waals surface area contributed by atoms with E-state index < -0.39 is 28.4 Å². The molecule has 0 spiro atoms. The fourth-order valence-electron chi connectivity index (χ4n) is 2.46. The van der Waals surface area contributed by atoms with Crippen molar-refractivity contribution in [3.8, 4) is 0 Å². The van der Waals surface area contributed by atoms with Gasteiger partial charge >= 0.3 is 6.18 Å². The molecule has 118 valence electrons. The van der Waals surface area contributed by atoms with Crippen LogP contribution in [0.15, 0.2) is 0 Å². The zero-order valence-corrected chi connectivity index (χ0v) is 12.0. The number of sulfonamides is 1. The van der Waals surface area contributed by atoms with Gasteiger partial charge in [-0.05, 0) is 6.42 Å². The Hall–Kier alpha value is -0.380. The summed E-state index contributed by atoms with van der Waals surface area (Å²) in [6, 6.07) is 0.477. The van der Waals surface area contributed by atoms with E-state index in [4.69, 9.17) is 0 Å². The van der Waals surface area contributed by atoms with Crippen molar-refractivity contribution in [2.24, 2.45) is 0 Å². The van der Waals surface area contributed by atoms with Crippen LogP contribution in [0.25, 0.3) is 0 Å². The number of hydrogen-bond acceptors (Lipinski definition) is 4. The van der Waals surface area contributed by atoms with Crippen LogP contribution in [0, 0.1) is 0 Å². The first-order valence-corrected chi connectivity index (χ1v) is 8.38. The van der Waals surface area contributed by atoms with E-state index in [2.05, 4.69) is 10.2 Å². The van der Waals surface area contributed by atoms with E-state index in [0.29, 0.717) is 32.2 Å². The second-order valence-electron chi connectivity index (χ2n) is 5.28. The smallest absolute Gasteiger partial charge is 0.314 e. The fraction of sp³-hybridized carbons (Fsp3) is 1.00. The van der Waals surface area contributed by atoms with Gasteiger partial charge in [0.15, 0.2) is 0 Å². The van der Waals surface area contributed by atoms with E-state index >= 15 is 0 Å². The minimum atomic E-state index is -4.29.